The van der Waals surface area contributed by atoms with Gasteiger partial charge < -0.3 is 5.11 Å². The van der Waals surface area contributed by atoms with Crippen molar-refractivity contribution in [3.8, 4) is 0 Å². The van der Waals surface area contributed by atoms with Crippen LogP contribution in [-0.4, -0.2) is 11.2 Å². The van der Waals surface area contributed by atoms with E-state index < -0.39 is 6.10 Å². The standard InChI is InChI=1S/C15H18ClFO/c1-15(2)8-10(6-11(18)9-15)7-12-13(16)4-3-5-14(12)17/h3-6,11,18H,7-9H2,1-2H3. The van der Waals surface area contributed by atoms with Crippen LogP contribution in [0.15, 0.2) is 29.8 Å². The number of allylic oxidation sites excluding steroid dienone is 1. The molecule has 0 aromatic heterocycles. The Morgan fingerprint density at radius 1 is 1.44 bits per heavy atom. The van der Waals surface area contributed by atoms with Gasteiger partial charge in [-0.2, -0.15) is 0 Å². The third-order valence-corrected chi connectivity index (χ3v) is 3.72. The van der Waals surface area contributed by atoms with E-state index in [2.05, 4.69) is 13.8 Å². The molecule has 1 N–H and O–H groups in total. The third kappa shape index (κ3) is 3.12. The first-order chi connectivity index (χ1) is 8.37. The topological polar surface area (TPSA) is 20.2 Å². The normalized spacial score (nSPS) is 22.7. The van der Waals surface area contributed by atoms with Crippen LogP contribution in [-0.2, 0) is 6.42 Å². The van der Waals surface area contributed by atoms with Crippen molar-refractivity contribution >= 4 is 11.6 Å². The molecule has 0 heterocycles. The van der Waals surface area contributed by atoms with Crippen LogP contribution in [0.25, 0.3) is 0 Å². The molecule has 1 aromatic rings. The maximum absolute atomic E-state index is 13.7. The lowest BCUT2D eigenvalue weighted by atomic mass is 9.75. The lowest BCUT2D eigenvalue weighted by molar-refractivity contribution is 0.138. The summed E-state index contributed by atoms with van der Waals surface area (Å²) < 4.78 is 13.7. The molecule has 0 saturated carbocycles. The molecule has 3 heteroatoms. The molecule has 1 unspecified atom stereocenters. The first-order valence-corrected chi connectivity index (χ1v) is 6.56. The molecule has 0 bridgehead atoms. The largest absolute Gasteiger partial charge is 0.389 e. The van der Waals surface area contributed by atoms with Crippen molar-refractivity contribution in [2.45, 2.75) is 39.2 Å². The first kappa shape index (κ1) is 13.6. The van der Waals surface area contributed by atoms with E-state index in [4.69, 9.17) is 11.6 Å². The number of hydrogen-bond acceptors (Lipinski definition) is 1. The van der Waals surface area contributed by atoms with Crippen molar-refractivity contribution in [3.05, 3.63) is 46.3 Å². The van der Waals surface area contributed by atoms with Crippen LogP contribution in [0, 0.1) is 11.2 Å². The van der Waals surface area contributed by atoms with Crippen molar-refractivity contribution in [1.82, 2.24) is 0 Å². The van der Waals surface area contributed by atoms with Crippen LogP contribution in [0.5, 0.6) is 0 Å². The zero-order valence-corrected chi connectivity index (χ0v) is 11.5. The summed E-state index contributed by atoms with van der Waals surface area (Å²) in [5, 5.41) is 10.3. The molecule has 1 aliphatic carbocycles. The van der Waals surface area contributed by atoms with Gasteiger partial charge in [-0.1, -0.05) is 43.2 Å². The van der Waals surface area contributed by atoms with Gasteiger partial charge in [0.15, 0.2) is 0 Å². The Morgan fingerprint density at radius 3 is 2.78 bits per heavy atom. The molecular weight excluding hydrogens is 251 g/mol. The molecule has 0 spiro atoms. The molecule has 1 aromatic carbocycles. The van der Waals surface area contributed by atoms with Crippen LogP contribution in [0.4, 0.5) is 4.39 Å². The van der Waals surface area contributed by atoms with Gasteiger partial charge in [-0.25, -0.2) is 4.39 Å². The molecule has 0 fully saturated rings. The Bertz CT molecular complexity index is 459. The Kier molecular flexibility index (Phi) is 3.79. The van der Waals surface area contributed by atoms with Gasteiger partial charge in [-0.05, 0) is 36.8 Å². The average Bonchev–Trinajstić information content (AvgIpc) is 2.21. The van der Waals surface area contributed by atoms with Crippen LogP contribution < -0.4 is 0 Å². The summed E-state index contributed by atoms with van der Waals surface area (Å²) in [4.78, 5) is 0. The Labute approximate surface area is 112 Å². The lowest BCUT2D eigenvalue weighted by Gasteiger charge is -2.32. The van der Waals surface area contributed by atoms with Gasteiger partial charge in [0, 0.05) is 10.6 Å². The van der Waals surface area contributed by atoms with Gasteiger partial charge in [-0.3, -0.25) is 0 Å². The van der Waals surface area contributed by atoms with Crippen molar-refractivity contribution < 1.29 is 9.50 Å². The first-order valence-electron chi connectivity index (χ1n) is 6.18. The van der Waals surface area contributed by atoms with E-state index in [0.717, 1.165) is 18.4 Å². The summed E-state index contributed by atoms with van der Waals surface area (Å²) in [7, 11) is 0. The number of halogens is 2. The maximum Gasteiger partial charge on any atom is 0.128 e. The minimum atomic E-state index is -0.436. The van der Waals surface area contributed by atoms with E-state index >= 15 is 0 Å². The maximum atomic E-state index is 13.7. The second-order valence-corrected chi connectivity index (χ2v) is 6.22. The quantitative estimate of drug-likeness (QED) is 0.800. The van der Waals surface area contributed by atoms with Crippen LogP contribution >= 0.6 is 11.6 Å². The number of aliphatic hydroxyl groups excluding tert-OH is 1. The predicted molar refractivity (Wildman–Crippen MR) is 72.2 cm³/mol. The molecular formula is C15H18ClFO. The molecule has 18 heavy (non-hydrogen) atoms. The van der Waals surface area contributed by atoms with Crippen molar-refractivity contribution in [2.24, 2.45) is 5.41 Å². The van der Waals surface area contributed by atoms with E-state index in [1.807, 2.05) is 6.08 Å². The highest BCUT2D eigenvalue weighted by atomic mass is 35.5. The highest BCUT2D eigenvalue weighted by molar-refractivity contribution is 6.31. The van der Waals surface area contributed by atoms with Crippen LogP contribution in [0.3, 0.4) is 0 Å². The van der Waals surface area contributed by atoms with E-state index in [-0.39, 0.29) is 11.2 Å². The van der Waals surface area contributed by atoms with Gasteiger partial charge in [0.2, 0.25) is 0 Å². The fraction of sp³-hybridized carbons (Fsp3) is 0.467. The minimum Gasteiger partial charge on any atom is -0.389 e. The molecule has 1 nitrogen and oxygen atoms in total. The van der Waals surface area contributed by atoms with Crippen LogP contribution in [0.1, 0.15) is 32.3 Å². The van der Waals surface area contributed by atoms with E-state index in [9.17, 15) is 9.50 Å². The highest BCUT2D eigenvalue weighted by Crippen LogP contribution is 2.37. The molecule has 2 rings (SSSR count). The van der Waals surface area contributed by atoms with Crippen molar-refractivity contribution in [1.29, 1.82) is 0 Å². The molecule has 0 saturated heterocycles. The fourth-order valence-electron chi connectivity index (χ4n) is 2.69. The number of rotatable bonds is 2. The van der Waals surface area contributed by atoms with Crippen molar-refractivity contribution in [2.75, 3.05) is 0 Å². The summed E-state index contributed by atoms with van der Waals surface area (Å²) >= 11 is 6.03. The monoisotopic (exact) mass is 268 g/mol. The number of hydrogen-bond donors (Lipinski definition) is 1. The van der Waals surface area contributed by atoms with Crippen molar-refractivity contribution in [3.63, 3.8) is 0 Å². The van der Waals surface area contributed by atoms with Crippen LogP contribution in [0.2, 0.25) is 5.02 Å². The lowest BCUT2D eigenvalue weighted by Crippen LogP contribution is -2.25. The third-order valence-electron chi connectivity index (χ3n) is 3.36. The second kappa shape index (κ2) is 5.02. The van der Waals surface area contributed by atoms with Gasteiger partial charge in [-0.15, -0.1) is 0 Å². The zero-order chi connectivity index (χ0) is 13.3. The Hall–Kier alpha value is -0.860. The summed E-state index contributed by atoms with van der Waals surface area (Å²) in [6.07, 6.45) is 3.50. The molecule has 0 aliphatic heterocycles. The molecule has 98 valence electrons. The van der Waals surface area contributed by atoms with E-state index in [1.54, 1.807) is 12.1 Å². The van der Waals surface area contributed by atoms with Gasteiger partial charge in [0.05, 0.1) is 6.10 Å². The van der Waals surface area contributed by atoms with E-state index in [1.165, 1.54) is 6.07 Å². The second-order valence-electron chi connectivity index (χ2n) is 5.81. The smallest absolute Gasteiger partial charge is 0.128 e. The van der Waals surface area contributed by atoms with Gasteiger partial charge >= 0.3 is 0 Å². The number of benzene rings is 1. The minimum absolute atomic E-state index is 0.0568. The zero-order valence-electron chi connectivity index (χ0n) is 10.7. The summed E-state index contributed by atoms with van der Waals surface area (Å²) in [5.41, 5.74) is 1.64. The van der Waals surface area contributed by atoms with E-state index in [0.29, 0.717) is 17.0 Å². The summed E-state index contributed by atoms with van der Waals surface area (Å²) in [5.74, 6) is -0.277. The predicted octanol–water partition coefficient (Wildman–Crippen LogP) is 4.13. The molecule has 0 radical (unpaired) electrons. The molecule has 0 amide bonds. The Morgan fingerprint density at radius 2 is 2.17 bits per heavy atom. The highest BCUT2D eigenvalue weighted by Gasteiger charge is 2.28. The summed E-state index contributed by atoms with van der Waals surface area (Å²) in [6.45, 7) is 4.23. The van der Waals surface area contributed by atoms with Gasteiger partial charge in [0.25, 0.3) is 0 Å². The van der Waals surface area contributed by atoms with Gasteiger partial charge in [0.1, 0.15) is 5.82 Å². The SMILES string of the molecule is CC1(C)CC(Cc2c(F)cccc2Cl)=CC(O)C1. The molecule has 1 aliphatic rings. The fourth-order valence-corrected chi connectivity index (χ4v) is 2.92. The summed E-state index contributed by atoms with van der Waals surface area (Å²) in [6, 6.07) is 4.73. The molecule has 1 atom stereocenters. The Balaban J connectivity index is 2.24. The number of aliphatic hydroxyl groups is 1. The average molecular weight is 269 g/mol.